The topological polar surface area (TPSA) is 97.8 Å². The minimum Gasteiger partial charge on any atom is -0.497 e. The molecule has 1 amide bonds. The van der Waals surface area contributed by atoms with Crippen LogP contribution in [0, 0.1) is 0 Å². The Morgan fingerprint density at radius 3 is 2.71 bits per heavy atom. The van der Waals surface area contributed by atoms with Crippen LogP contribution in [0.5, 0.6) is 11.5 Å². The fraction of sp³-hybridized carbons (Fsp3) is 0.261. The quantitative estimate of drug-likeness (QED) is 0.534. The number of thioether (sulfide) groups is 1. The molecule has 0 unspecified atom stereocenters. The predicted octanol–water partition coefficient (Wildman–Crippen LogP) is 4.17. The van der Waals surface area contributed by atoms with E-state index in [2.05, 4.69) is 5.32 Å². The number of carbonyl (C=O) groups excluding carboxylic acids is 1. The van der Waals surface area contributed by atoms with Gasteiger partial charge in [-0.25, -0.2) is 0 Å². The molecule has 0 bridgehead atoms. The smallest absolute Gasteiger partial charge is 0.313 e. The van der Waals surface area contributed by atoms with Crippen molar-refractivity contribution in [2.24, 2.45) is 0 Å². The van der Waals surface area contributed by atoms with Gasteiger partial charge in [-0.05, 0) is 49.1 Å². The molecule has 1 heterocycles. The number of aromatic nitrogens is 1. The molecular weight excluding hydrogens is 416 g/mol. The van der Waals surface area contributed by atoms with Crippen molar-refractivity contribution in [2.75, 3.05) is 25.3 Å². The molecule has 1 aromatic heterocycles. The number of carboxylic acid groups (broad SMARTS) is 1. The normalized spacial score (nSPS) is 12.5. The number of hydrogen-bond acceptors (Lipinski definition) is 6. The van der Waals surface area contributed by atoms with Crippen molar-refractivity contribution >= 4 is 40.2 Å². The Bertz CT molecular complexity index is 1180. The Hall–Kier alpha value is -3.26. The van der Waals surface area contributed by atoms with Gasteiger partial charge >= 0.3 is 5.97 Å². The van der Waals surface area contributed by atoms with E-state index in [4.69, 9.17) is 19.6 Å². The highest BCUT2D eigenvalue weighted by Crippen LogP contribution is 2.37. The van der Waals surface area contributed by atoms with E-state index in [-0.39, 0.29) is 11.7 Å². The van der Waals surface area contributed by atoms with Crippen molar-refractivity contribution in [1.82, 2.24) is 4.98 Å². The summed E-state index contributed by atoms with van der Waals surface area (Å²) < 4.78 is 10.5. The summed E-state index contributed by atoms with van der Waals surface area (Å²) in [5, 5.41) is 12.9. The lowest BCUT2D eigenvalue weighted by atomic mass is 10.1. The van der Waals surface area contributed by atoms with Crippen molar-refractivity contribution in [2.45, 2.75) is 24.2 Å². The number of methoxy groups -OCH3 is 2. The third-order valence-electron chi connectivity index (χ3n) is 5.22. The number of aliphatic carboxylic acids is 1. The fourth-order valence-electron chi connectivity index (χ4n) is 3.76. The van der Waals surface area contributed by atoms with Crippen LogP contribution in [-0.4, -0.2) is 41.9 Å². The zero-order valence-corrected chi connectivity index (χ0v) is 18.0. The monoisotopic (exact) mass is 438 g/mol. The minimum absolute atomic E-state index is 0.00887. The molecule has 2 N–H and O–H groups in total. The van der Waals surface area contributed by atoms with Gasteiger partial charge in [-0.3, -0.25) is 14.6 Å². The maximum atomic E-state index is 12.9. The second-order valence-electron chi connectivity index (χ2n) is 7.15. The van der Waals surface area contributed by atoms with Crippen molar-refractivity contribution < 1.29 is 24.2 Å². The molecule has 0 atom stereocenters. The number of carboxylic acids is 1. The van der Waals surface area contributed by atoms with Gasteiger partial charge < -0.3 is 19.9 Å². The van der Waals surface area contributed by atoms with Crippen LogP contribution in [0.25, 0.3) is 10.9 Å². The van der Waals surface area contributed by atoms with Crippen molar-refractivity contribution in [3.8, 4) is 11.5 Å². The van der Waals surface area contributed by atoms with E-state index in [0.29, 0.717) is 28.3 Å². The first-order valence-electron chi connectivity index (χ1n) is 9.83. The number of pyridine rings is 1. The van der Waals surface area contributed by atoms with Gasteiger partial charge in [0.25, 0.3) is 5.91 Å². The molecule has 1 aliphatic rings. The average Bonchev–Trinajstić information content (AvgIpc) is 3.24. The number of fused-ring (bicyclic) bond motifs is 2. The molecule has 1 aliphatic carbocycles. The molecule has 3 aromatic rings. The van der Waals surface area contributed by atoms with E-state index in [9.17, 15) is 9.59 Å². The Morgan fingerprint density at radius 2 is 1.97 bits per heavy atom. The van der Waals surface area contributed by atoms with E-state index in [1.165, 1.54) is 18.9 Å². The molecule has 0 saturated heterocycles. The number of nitrogens with one attached hydrogen (secondary N) is 1. The first-order valence-corrected chi connectivity index (χ1v) is 10.8. The number of amides is 1. The Labute approximate surface area is 183 Å². The van der Waals surface area contributed by atoms with E-state index >= 15 is 0 Å². The van der Waals surface area contributed by atoms with E-state index < -0.39 is 5.97 Å². The summed E-state index contributed by atoms with van der Waals surface area (Å²) in [6.45, 7) is 0. The van der Waals surface area contributed by atoms with Crippen molar-refractivity contribution in [3.63, 3.8) is 0 Å². The number of aryl methyl sites for hydroxylation is 1. The number of carbonyl (C=O) groups is 2. The Kier molecular flexibility index (Phi) is 5.99. The van der Waals surface area contributed by atoms with E-state index in [1.54, 1.807) is 37.4 Å². The van der Waals surface area contributed by atoms with Crippen LogP contribution < -0.4 is 14.8 Å². The second-order valence-corrected chi connectivity index (χ2v) is 8.14. The number of hydrogen-bond donors (Lipinski definition) is 2. The summed E-state index contributed by atoms with van der Waals surface area (Å²) in [7, 11) is 3.09. The number of anilines is 1. The van der Waals surface area contributed by atoms with Crippen LogP contribution in [0.3, 0.4) is 0 Å². The molecule has 0 spiro atoms. The lowest BCUT2D eigenvalue weighted by Crippen LogP contribution is -2.13. The Morgan fingerprint density at radius 1 is 1.13 bits per heavy atom. The number of benzene rings is 2. The van der Waals surface area contributed by atoms with Gasteiger partial charge in [-0.2, -0.15) is 0 Å². The SMILES string of the molecule is COc1ccc(NC(=O)c2ccc3c(SCC(=O)O)c4c(nc3c2)CCC4)c(OC)c1. The van der Waals surface area contributed by atoms with Gasteiger partial charge in [-0.15, -0.1) is 11.8 Å². The second kappa shape index (κ2) is 8.85. The molecule has 0 saturated carbocycles. The molecule has 31 heavy (non-hydrogen) atoms. The van der Waals surface area contributed by atoms with Gasteiger partial charge in [0.15, 0.2) is 0 Å². The zero-order chi connectivity index (χ0) is 22.0. The number of nitrogens with zero attached hydrogens (tertiary/aromatic N) is 1. The summed E-state index contributed by atoms with van der Waals surface area (Å²) in [5.41, 5.74) is 3.83. The number of ether oxygens (including phenoxy) is 2. The first kappa shape index (κ1) is 21.0. The molecule has 160 valence electrons. The summed E-state index contributed by atoms with van der Waals surface area (Å²) in [5.74, 6) is -0.0224. The summed E-state index contributed by atoms with van der Waals surface area (Å²) in [4.78, 5) is 29.7. The maximum Gasteiger partial charge on any atom is 0.313 e. The third kappa shape index (κ3) is 4.29. The van der Waals surface area contributed by atoms with Crippen LogP contribution >= 0.6 is 11.8 Å². The van der Waals surface area contributed by atoms with Crippen molar-refractivity contribution in [1.29, 1.82) is 0 Å². The molecule has 4 rings (SSSR count). The van der Waals surface area contributed by atoms with Gasteiger partial charge in [0.05, 0.1) is 31.2 Å². The molecular formula is C23H22N2O5S. The summed E-state index contributed by atoms with van der Waals surface area (Å²) >= 11 is 1.32. The molecule has 7 nitrogen and oxygen atoms in total. The summed E-state index contributed by atoms with van der Waals surface area (Å²) in [6, 6.07) is 10.5. The van der Waals surface area contributed by atoms with E-state index in [1.807, 2.05) is 6.07 Å². The fourth-order valence-corrected chi connectivity index (χ4v) is 4.75. The standard InChI is InChI=1S/C23H22N2O5S/c1-29-14-7-9-18(20(11-14)30-2)25-23(28)13-6-8-16-19(10-13)24-17-5-3-4-15(17)22(16)31-12-21(26)27/h6-11H,3-5,12H2,1-2H3,(H,25,28)(H,26,27). The van der Waals surface area contributed by atoms with Gasteiger partial charge in [0.2, 0.25) is 0 Å². The largest absolute Gasteiger partial charge is 0.497 e. The molecule has 0 radical (unpaired) electrons. The minimum atomic E-state index is -0.855. The van der Waals surface area contributed by atoms with E-state index in [0.717, 1.165) is 40.8 Å². The van der Waals surface area contributed by atoms with Gasteiger partial charge in [0, 0.05) is 27.6 Å². The highest BCUT2D eigenvalue weighted by Gasteiger charge is 2.21. The van der Waals surface area contributed by atoms with Crippen LogP contribution in [0.4, 0.5) is 5.69 Å². The molecule has 0 fully saturated rings. The highest BCUT2D eigenvalue weighted by atomic mass is 32.2. The van der Waals surface area contributed by atoms with Gasteiger partial charge in [0.1, 0.15) is 11.5 Å². The van der Waals surface area contributed by atoms with Crippen LogP contribution in [-0.2, 0) is 17.6 Å². The number of rotatable bonds is 7. The molecule has 8 heteroatoms. The Balaban J connectivity index is 1.67. The van der Waals surface area contributed by atoms with Crippen LogP contribution in [0.15, 0.2) is 41.3 Å². The molecule has 0 aliphatic heterocycles. The summed E-state index contributed by atoms with van der Waals surface area (Å²) in [6.07, 6.45) is 2.77. The lowest BCUT2D eigenvalue weighted by molar-refractivity contribution is -0.133. The maximum absolute atomic E-state index is 12.9. The molecule has 2 aromatic carbocycles. The van der Waals surface area contributed by atoms with Gasteiger partial charge in [-0.1, -0.05) is 6.07 Å². The highest BCUT2D eigenvalue weighted by molar-refractivity contribution is 8.00. The van der Waals surface area contributed by atoms with Crippen molar-refractivity contribution in [3.05, 3.63) is 53.2 Å². The van der Waals surface area contributed by atoms with Crippen LogP contribution in [0.2, 0.25) is 0 Å². The average molecular weight is 439 g/mol. The third-order valence-corrected chi connectivity index (χ3v) is 6.37. The lowest BCUT2D eigenvalue weighted by Gasteiger charge is -2.14. The van der Waals surface area contributed by atoms with Crippen LogP contribution in [0.1, 0.15) is 28.0 Å². The first-order chi connectivity index (χ1) is 15.0. The predicted molar refractivity (Wildman–Crippen MR) is 120 cm³/mol. The zero-order valence-electron chi connectivity index (χ0n) is 17.2.